The Morgan fingerprint density at radius 3 is 2.40 bits per heavy atom. The zero-order valence-electron chi connectivity index (χ0n) is 10.7. The summed E-state index contributed by atoms with van der Waals surface area (Å²) in [6, 6.07) is 10.7. The van der Waals surface area contributed by atoms with Gasteiger partial charge in [0.15, 0.2) is 5.78 Å². The zero-order valence-corrected chi connectivity index (χ0v) is 10.7. The van der Waals surface area contributed by atoms with Crippen LogP contribution in [0.4, 0.5) is 8.78 Å². The van der Waals surface area contributed by atoms with E-state index in [1.165, 1.54) is 31.3 Å². The Morgan fingerprint density at radius 2 is 1.75 bits per heavy atom. The van der Waals surface area contributed by atoms with Crippen LogP contribution in [0.3, 0.4) is 0 Å². The smallest absolute Gasteiger partial charge is 0.159 e. The Balaban J connectivity index is 2.22. The van der Waals surface area contributed by atoms with E-state index in [0.717, 1.165) is 0 Å². The normalized spacial score (nSPS) is 10.9. The molecular formula is C16H11F2NO. The number of aromatic nitrogens is 1. The molecule has 0 spiro atoms. The van der Waals surface area contributed by atoms with Crippen molar-refractivity contribution in [1.82, 2.24) is 4.57 Å². The molecule has 0 aliphatic heterocycles. The fourth-order valence-corrected chi connectivity index (χ4v) is 2.22. The average molecular weight is 271 g/mol. The van der Waals surface area contributed by atoms with Gasteiger partial charge in [0.25, 0.3) is 0 Å². The molecule has 4 heteroatoms. The van der Waals surface area contributed by atoms with Gasteiger partial charge in [0.1, 0.15) is 11.6 Å². The fourth-order valence-electron chi connectivity index (χ4n) is 2.22. The van der Waals surface area contributed by atoms with Crippen LogP contribution in [0.1, 0.15) is 17.3 Å². The van der Waals surface area contributed by atoms with E-state index in [1.54, 1.807) is 28.8 Å². The number of carbonyl (C=O) groups is 1. The van der Waals surface area contributed by atoms with Gasteiger partial charge in [-0.05, 0) is 49.4 Å². The lowest BCUT2D eigenvalue weighted by Crippen LogP contribution is -1.94. The van der Waals surface area contributed by atoms with Crippen LogP contribution in [0.25, 0.3) is 16.6 Å². The van der Waals surface area contributed by atoms with Crippen LogP contribution >= 0.6 is 0 Å². The van der Waals surface area contributed by atoms with E-state index in [-0.39, 0.29) is 11.6 Å². The molecule has 2 aromatic carbocycles. The molecule has 3 rings (SSSR count). The molecule has 1 aromatic heterocycles. The van der Waals surface area contributed by atoms with E-state index in [2.05, 4.69) is 0 Å². The second kappa shape index (κ2) is 4.56. The van der Waals surface area contributed by atoms with E-state index >= 15 is 0 Å². The molecule has 0 saturated carbocycles. The van der Waals surface area contributed by atoms with Gasteiger partial charge < -0.3 is 4.57 Å². The van der Waals surface area contributed by atoms with Crippen molar-refractivity contribution in [2.45, 2.75) is 6.92 Å². The van der Waals surface area contributed by atoms with Gasteiger partial charge in [-0.1, -0.05) is 0 Å². The minimum absolute atomic E-state index is 0.110. The van der Waals surface area contributed by atoms with Crippen molar-refractivity contribution in [1.29, 1.82) is 0 Å². The van der Waals surface area contributed by atoms with Gasteiger partial charge in [-0.3, -0.25) is 4.79 Å². The molecule has 0 unspecified atom stereocenters. The molecule has 0 amide bonds. The third kappa shape index (κ3) is 1.99. The number of ketones is 1. The highest BCUT2D eigenvalue weighted by molar-refractivity contribution is 5.98. The van der Waals surface area contributed by atoms with Crippen LogP contribution in [-0.2, 0) is 0 Å². The first-order valence-electron chi connectivity index (χ1n) is 6.14. The molecular weight excluding hydrogens is 260 g/mol. The first-order valence-corrected chi connectivity index (χ1v) is 6.14. The van der Waals surface area contributed by atoms with Crippen LogP contribution in [-0.4, -0.2) is 10.4 Å². The summed E-state index contributed by atoms with van der Waals surface area (Å²) in [5.41, 5.74) is 1.77. The molecule has 0 aliphatic carbocycles. The van der Waals surface area contributed by atoms with Crippen molar-refractivity contribution >= 4 is 16.7 Å². The van der Waals surface area contributed by atoms with Crippen molar-refractivity contribution in [2.75, 3.05) is 0 Å². The highest BCUT2D eigenvalue weighted by Gasteiger charge is 2.11. The zero-order chi connectivity index (χ0) is 14.3. The maximum Gasteiger partial charge on any atom is 0.159 e. The van der Waals surface area contributed by atoms with Crippen LogP contribution in [0.15, 0.2) is 48.7 Å². The van der Waals surface area contributed by atoms with Crippen molar-refractivity contribution in [3.05, 3.63) is 65.9 Å². The van der Waals surface area contributed by atoms with Crippen molar-refractivity contribution in [2.24, 2.45) is 0 Å². The van der Waals surface area contributed by atoms with Crippen LogP contribution in [0, 0.1) is 11.6 Å². The number of carbonyl (C=O) groups excluding carboxylic acids is 1. The quantitative estimate of drug-likeness (QED) is 0.643. The first kappa shape index (κ1) is 12.5. The summed E-state index contributed by atoms with van der Waals surface area (Å²) in [7, 11) is 0. The monoisotopic (exact) mass is 271 g/mol. The summed E-state index contributed by atoms with van der Waals surface area (Å²) in [5.74, 6) is -0.863. The lowest BCUT2D eigenvalue weighted by molar-refractivity contribution is 0.101. The molecule has 20 heavy (non-hydrogen) atoms. The standard InChI is InChI=1S/C16H11F2NO/c1-10(20)11-2-7-16-14(8-11)15(18)9-19(16)13-5-3-12(17)4-6-13/h2-9H,1H3. The molecule has 0 radical (unpaired) electrons. The third-order valence-corrected chi connectivity index (χ3v) is 3.27. The maximum absolute atomic E-state index is 14.0. The summed E-state index contributed by atoms with van der Waals surface area (Å²) >= 11 is 0. The Labute approximate surface area is 114 Å². The first-order chi connectivity index (χ1) is 9.56. The van der Waals surface area contributed by atoms with Crippen molar-refractivity contribution < 1.29 is 13.6 Å². The SMILES string of the molecule is CC(=O)c1ccc2c(c1)c(F)cn2-c1ccc(F)cc1. The predicted octanol–water partition coefficient (Wildman–Crippen LogP) is 4.11. The Kier molecular flexibility index (Phi) is 2.86. The molecule has 0 N–H and O–H groups in total. The summed E-state index contributed by atoms with van der Waals surface area (Å²) < 4.78 is 28.6. The molecule has 0 fully saturated rings. The predicted molar refractivity (Wildman–Crippen MR) is 73.2 cm³/mol. The third-order valence-electron chi connectivity index (χ3n) is 3.27. The Hall–Kier alpha value is -2.49. The molecule has 1 heterocycles. The van der Waals surface area contributed by atoms with E-state index in [4.69, 9.17) is 0 Å². The van der Waals surface area contributed by atoms with Crippen molar-refractivity contribution in [3.8, 4) is 5.69 Å². The van der Waals surface area contributed by atoms with Crippen molar-refractivity contribution in [3.63, 3.8) is 0 Å². The molecule has 2 nitrogen and oxygen atoms in total. The minimum atomic E-state index is -0.410. The summed E-state index contributed by atoms with van der Waals surface area (Å²) in [6.45, 7) is 1.44. The summed E-state index contributed by atoms with van der Waals surface area (Å²) in [6.07, 6.45) is 1.34. The Morgan fingerprint density at radius 1 is 1.05 bits per heavy atom. The number of benzene rings is 2. The molecule has 0 saturated heterocycles. The molecule has 100 valence electrons. The van der Waals surface area contributed by atoms with Crippen LogP contribution in [0.2, 0.25) is 0 Å². The molecule has 0 bridgehead atoms. The number of Topliss-reactive ketones (excluding diaryl/α,β-unsaturated/α-hetero) is 1. The van der Waals surface area contributed by atoms with Gasteiger partial charge in [-0.15, -0.1) is 0 Å². The number of nitrogens with zero attached hydrogens (tertiary/aromatic N) is 1. The summed E-state index contributed by atoms with van der Waals surface area (Å²) in [5, 5.41) is 0.377. The second-order valence-corrected chi connectivity index (χ2v) is 4.61. The lowest BCUT2D eigenvalue weighted by Gasteiger charge is -2.05. The van der Waals surface area contributed by atoms with Crippen LogP contribution in [0.5, 0.6) is 0 Å². The minimum Gasteiger partial charge on any atom is -0.314 e. The second-order valence-electron chi connectivity index (χ2n) is 4.61. The van der Waals surface area contributed by atoms with Gasteiger partial charge in [0, 0.05) is 22.8 Å². The summed E-state index contributed by atoms with van der Waals surface area (Å²) in [4.78, 5) is 11.3. The molecule has 0 atom stereocenters. The Bertz CT molecular complexity index is 803. The lowest BCUT2D eigenvalue weighted by atomic mass is 10.1. The number of hydrogen-bond donors (Lipinski definition) is 0. The van der Waals surface area contributed by atoms with Gasteiger partial charge in [0.05, 0.1) is 5.52 Å². The number of rotatable bonds is 2. The fraction of sp³-hybridized carbons (Fsp3) is 0.0625. The maximum atomic E-state index is 14.0. The van der Waals surface area contributed by atoms with E-state index in [9.17, 15) is 13.6 Å². The van der Waals surface area contributed by atoms with Gasteiger partial charge >= 0.3 is 0 Å². The largest absolute Gasteiger partial charge is 0.314 e. The topological polar surface area (TPSA) is 22.0 Å². The van der Waals surface area contributed by atoms with Crippen LogP contribution < -0.4 is 0 Å². The highest BCUT2D eigenvalue weighted by Crippen LogP contribution is 2.25. The number of fused-ring (bicyclic) bond motifs is 1. The average Bonchev–Trinajstić information content (AvgIpc) is 2.76. The highest BCUT2D eigenvalue weighted by atomic mass is 19.1. The number of halogens is 2. The molecule has 0 aliphatic rings. The van der Waals surface area contributed by atoms with E-state index in [0.29, 0.717) is 22.2 Å². The van der Waals surface area contributed by atoms with E-state index < -0.39 is 5.82 Å². The number of hydrogen-bond acceptors (Lipinski definition) is 1. The van der Waals surface area contributed by atoms with Gasteiger partial charge in [0.2, 0.25) is 0 Å². The van der Waals surface area contributed by atoms with Gasteiger partial charge in [-0.25, -0.2) is 8.78 Å². The molecule has 3 aromatic rings. The van der Waals surface area contributed by atoms with E-state index in [1.807, 2.05) is 0 Å². The van der Waals surface area contributed by atoms with Gasteiger partial charge in [-0.2, -0.15) is 0 Å².